The Morgan fingerprint density at radius 1 is 1.48 bits per heavy atom. The smallest absolute Gasteiger partial charge is 0.226 e. The van der Waals surface area contributed by atoms with Gasteiger partial charge in [-0.25, -0.2) is 9.37 Å². The lowest BCUT2D eigenvalue weighted by Crippen LogP contribution is -2.31. The highest BCUT2D eigenvalue weighted by Gasteiger charge is 2.25. The monoisotopic (exact) mass is 320 g/mol. The van der Waals surface area contributed by atoms with E-state index in [0.717, 1.165) is 30.8 Å². The van der Waals surface area contributed by atoms with Crippen molar-refractivity contribution in [1.82, 2.24) is 9.88 Å². The number of aliphatic hydroxyl groups excluding tert-OH is 1. The summed E-state index contributed by atoms with van der Waals surface area (Å²) in [6, 6.07) is 4.74. The Kier molecular flexibility index (Phi) is 4.63. The molecule has 0 radical (unpaired) electrons. The second kappa shape index (κ2) is 6.68. The fourth-order valence-corrected chi connectivity index (χ4v) is 2.99. The fraction of sp³-hybridized carbons (Fsp3) is 0.471. The number of methoxy groups -OCH3 is 1. The normalized spacial score (nSPS) is 18.5. The molecule has 1 aromatic carbocycles. The van der Waals surface area contributed by atoms with Gasteiger partial charge in [0, 0.05) is 18.2 Å². The van der Waals surface area contributed by atoms with Crippen LogP contribution in [0.4, 0.5) is 4.39 Å². The van der Waals surface area contributed by atoms with E-state index in [1.165, 1.54) is 13.2 Å². The van der Waals surface area contributed by atoms with E-state index in [-0.39, 0.29) is 18.4 Å². The zero-order chi connectivity index (χ0) is 16.4. The van der Waals surface area contributed by atoms with Crippen LogP contribution in [0, 0.1) is 12.7 Å². The van der Waals surface area contributed by atoms with E-state index in [4.69, 9.17) is 9.15 Å². The number of nitrogens with zero attached hydrogens (tertiary/aromatic N) is 2. The Morgan fingerprint density at radius 3 is 3.04 bits per heavy atom. The third kappa shape index (κ3) is 3.23. The van der Waals surface area contributed by atoms with E-state index in [1.54, 1.807) is 12.1 Å². The summed E-state index contributed by atoms with van der Waals surface area (Å²) < 4.78 is 24.3. The van der Waals surface area contributed by atoms with Gasteiger partial charge in [-0.1, -0.05) is 0 Å². The van der Waals surface area contributed by atoms with Crippen LogP contribution in [0.5, 0.6) is 5.75 Å². The standard InChI is InChI=1S/C17H21FN2O3/c1-11-15(9-20-7-3-4-13(20)10-21)19-17(23-11)12-5-6-14(18)16(8-12)22-2/h5-6,8,13,21H,3-4,7,9-10H2,1-2H3/t13-/m0/s1. The second-order valence-corrected chi connectivity index (χ2v) is 5.82. The van der Waals surface area contributed by atoms with Crippen molar-refractivity contribution in [2.24, 2.45) is 0 Å². The highest BCUT2D eigenvalue weighted by Crippen LogP contribution is 2.28. The molecule has 2 heterocycles. The SMILES string of the molecule is COc1cc(-c2nc(CN3CCC[C@H]3CO)c(C)o2)ccc1F. The number of hydrogen-bond donors (Lipinski definition) is 1. The highest BCUT2D eigenvalue weighted by molar-refractivity contribution is 5.56. The van der Waals surface area contributed by atoms with E-state index in [9.17, 15) is 9.50 Å². The average Bonchev–Trinajstić information content (AvgIpc) is 3.15. The third-order valence-corrected chi connectivity index (χ3v) is 4.35. The lowest BCUT2D eigenvalue weighted by atomic mass is 10.2. The minimum Gasteiger partial charge on any atom is -0.494 e. The molecule has 3 rings (SSSR count). The van der Waals surface area contributed by atoms with Gasteiger partial charge in [0.25, 0.3) is 0 Å². The van der Waals surface area contributed by atoms with Gasteiger partial charge in [0.1, 0.15) is 5.76 Å². The molecule has 124 valence electrons. The first-order chi connectivity index (χ1) is 11.1. The number of halogens is 1. The van der Waals surface area contributed by atoms with Gasteiger partial charge in [-0.15, -0.1) is 0 Å². The first kappa shape index (κ1) is 16.0. The summed E-state index contributed by atoms with van der Waals surface area (Å²) in [7, 11) is 1.43. The van der Waals surface area contributed by atoms with Gasteiger partial charge in [0.05, 0.1) is 19.4 Å². The van der Waals surface area contributed by atoms with E-state index in [0.29, 0.717) is 18.0 Å². The van der Waals surface area contributed by atoms with Crippen LogP contribution in [0.25, 0.3) is 11.5 Å². The van der Waals surface area contributed by atoms with E-state index in [2.05, 4.69) is 9.88 Å². The molecule has 2 aromatic rings. The van der Waals surface area contributed by atoms with Crippen LogP contribution in [0.2, 0.25) is 0 Å². The van der Waals surface area contributed by atoms with Crippen molar-refractivity contribution >= 4 is 0 Å². The Balaban J connectivity index is 1.83. The summed E-state index contributed by atoms with van der Waals surface area (Å²) in [5.41, 5.74) is 1.53. The average molecular weight is 320 g/mol. The van der Waals surface area contributed by atoms with Crippen LogP contribution in [-0.2, 0) is 6.54 Å². The summed E-state index contributed by atoms with van der Waals surface area (Å²) in [5.74, 6) is 0.949. The molecule has 0 bridgehead atoms. The van der Waals surface area contributed by atoms with Gasteiger partial charge in [0.15, 0.2) is 11.6 Å². The lowest BCUT2D eigenvalue weighted by Gasteiger charge is -2.21. The molecule has 23 heavy (non-hydrogen) atoms. The molecule has 0 spiro atoms. The molecule has 1 aromatic heterocycles. The Morgan fingerprint density at radius 2 is 2.30 bits per heavy atom. The summed E-state index contributed by atoms with van der Waals surface area (Å²) in [4.78, 5) is 6.77. The summed E-state index contributed by atoms with van der Waals surface area (Å²) in [6.45, 7) is 3.64. The minimum atomic E-state index is -0.414. The lowest BCUT2D eigenvalue weighted by molar-refractivity contribution is 0.152. The number of aliphatic hydroxyl groups is 1. The van der Waals surface area contributed by atoms with Gasteiger partial charge in [-0.05, 0) is 44.5 Å². The van der Waals surface area contributed by atoms with Gasteiger partial charge in [0.2, 0.25) is 5.89 Å². The predicted octanol–water partition coefficient (Wildman–Crippen LogP) is 2.75. The van der Waals surface area contributed by atoms with Crippen molar-refractivity contribution in [2.45, 2.75) is 32.4 Å². The van der Waals surface area contributed by atoms with Crippen LogP contribution in [0.3, 0.4) is 0 Å². The van der Waals surface area contributed by atoms with Crippen molar-refractivity contribution in [2.75, 3.05) is 20.3 Å². The van der Waals surface area contributed by atoms with Crippen molar-refractivity contribution < 1.29 is 18.7 Å². The predicted molar refractivity (Wildman–Crippen MR) is 83.7 cm³/mol. The fourth-order valence-electron chi connectivity index (χ4n) is 2.99. The molecular weight excluding hydrogens is 299 g/mol. The molecule has 0 saturated carbocycles. The third-order valence-electron chi connectivity index (χ3n) is 4.35. The van der Waals surface area contributed by atoms with Crippen molar-refractivity contribution in [3.05, 3.63) is 35.5 Å². The van der Waals surface area contributed by atoms with Gasteiger partial charge >= 0.3 is 0 Å². The number of benzene rings is 1. The van der Waals surface area contributed by atoms with Crippen LogP contribution >= 0.6 is 0 Å². The molecule has 1 aliphatic heterocycles. The van der Waals surface area contributed by atoms with Gasteiger partial charge < -0.3 is 14.3 Å². The van der Waals surface area contributed by atoms with Crippen LogP contribution in [0.1, 0.15) is 24.3 Å². The number of likely N-dealkylation sites (tertiary alicyclic amines) is 1. The van der Waals surface area contributed by atoms with Crippen molar-refractivity contribution in [3.63, 3.8) is 0 Å². The Bertz CT molecular complexity index is 686. The number of aromatic nitrogens is 1. The Hall–Kier alpha value is -1.92. The van der Waals surface area contributed by atoms with E-state index < -0.39 is 5.82 Å². The molecule has 1 N–H and O–H groups in total. The minimum absolute atomic E-state index is 0.166. The topological polar surface area (TPSA) is 58.7 Å². The summed E-state index contributed by atoms with van der Waals surface area (Å²) in [5, 5.41) is 9.42. The molecular formula is C17H21FN2O3. The molecule has 1 aliphatic rings. The second-order valence-electron chi connectivity index (χ2n) is 5.82. The zero-order valence-electron chi connectivity index (χ0n) is 13.4. The van der Waals surface area contributed by atoms with Crippen molar-refractivity contribution in [1.29, 1.82) is 0 Å². The zero-order valence-corrected chi connectivity index (χ0v) is 13.4. The molecule has 0 amide bonds. The van der Waals surface area contributed by atoms with Crippen LogP contribution in [0.15, 0.2) is 22.6 Å². The molecule has 1 atom stereocenters. The quantitative estimate of drug-likeness (QED) is 0.918. The summed E-state index contributed by atoms with van der Waals surface area (Å²) >= 11 is 0. The molecule has 0 unspecified atom stereocenters. The maximum atomic E-state index is 13.5. The number of rotatable bonds is 5. The maximum Gasteiger partial charge on any atom is 0.226 e. The van der Waals surface area contributed by atoms with Gasteiger partial charge in [-0.3, -0.25) is 4.90 Å². The van der Waals surface area contributed by atoms with Gasteiger partial charge in [-0.2, -0.15) is 0 Å². The van der Waals surface area contributed by atoms with E-state index >= 15 is 0 Å². The first-order valence-corrected chi connectivity index (χ1v) is 7.77. The molecule has 0 aliphatic carbocycles. The molecule has 1 fully saturated rings. The number of hydrogen-bond acceptors (Lipinski definition) is 5. The Labute approximate surface area is 134 Å². The molecule has 5 nitrogen and oxygen atoms in total. The number of oxazole rings is 1. The highest BCUT2D eigenvalue weighted by atomic mass is 19.1. The largest absolute Gasteiger partial charge is 0.494 e. The number of ether oxygens (including phenoxy) is 1. The first-order valence-electron chi connectivity index (χ1n) is 7.77. The maximum absolute atomic E-state index is 13.5. The van der Waals surface area contributed by atoms with Crippen LogP contribution < -0.4 is 4.74 Å². The molecule has 6 heteroatoms. The summed E-state index contributed by atoms with van der Waals surface area (Å²) in [6.07, 6.45) is 2.10. The molecule has 1 saturated heterocycles. The van der Waals surface area contributed by atoms with Crippen molar-refractivity contribution in [3.8, 4) is 17.2 Å². The number of aryl methyl sites for hydroxylation is 1. The van der Waals surface area contributed by atoms with Crippen LogP contribution in [-0.4, -0.2) is 41.3 Å². The van der Waals surface area contributed by atoms with E-state index in [1.807, 2.05) is 6.92 Å².